The number of likely N-dealkylation sites (N-methyl/N-ethyl adjacent to an activating group) is 1. The molecule has 3 heterocycles. The Balaban J connectivity index is 1.65. The molecule has 0 unspecified atom stereocenters. The fraction of sp³-hybridized carbons (Fsp3) is 0.579. The molecule has 154 valence electrons. The summed E-state index contributed by atoms with van der Waals surface area (Å²) in [6.07, 6.45) is -2.09. The van der Waals surface area contributed by atoms with Crippen LogP contribution >= 0.6 is 0 Å². The van der Waals surface area contributed by atoms with Crippen molar-refractivity contribution in [2.24, 2.45) is 5.73 Å². The third-order valence-corrected chi connectivity index (χ3v) is 7.76. The van der Waals surface area contributed by atoms with E-state index in [0.29, 0.717) is 6.61 Å². The van der Waals surface area contributed by atoms with Crippen molar-refractivity contribution in [1.29, 1.82) is 0 Å². The highest BCUT2D eigenvalue weighted by Crippen LogP contribution is 2.53. The van der Waals surface area contributed by atoms with Crippen molar-refractivity contribution in [2.75, 3.05) is 13.7 Å². The van der Waals surface area contributed by atoms with Crippen LogP contribution in [0.1, 0.15) is 26.3 Å². The zero-order valence-electron chi connectivity index (χ0n) is 16.4. The Bertz CT molecular complexity index is 900. The van der Waals surface area contributed by atoms with E-state index >= 15 is 0 Å². The van der Waals surface area contributed by atoms with E-state index in [2.05, 4.69) is 0 Å². The van der Waals surface area contributed by atoms with Gasteiger partial charge >= 0.3 is 0 Å². The summed E-state index contributed by atoms with van der Waals surface area (Å²) < 4.78 is 50.8. The van der Waals surface area contributed by atoms with E-state index in [1.165, 1.54) is 18.3 Å². The molecule has 2 N–H and O–H groups in total. The van der Waals surface area contributed by atoms with Crippen molar-refractivity contribution in [3.63, 3.8) is 0 Å². The Kier molecular flexibility index (Phi) is 4.61. The van der Waals surface area contributed by atoms with Crippen LogP contribution < -0.4 is 5.73 Å². The maximum absolute atomic E-state index is 12.9. The molecule has 28 heavy (non-hydrogen) atoms. The molecule has 1 spiro atoms. The van der Waals surface area contributed by atoms with E-state index in [9.17, 15) is 8.42 Å². The normalized spacial score (nSPS) is 36.4. The lowest BCUT2D eigenvalue weighted by Gasteiger charge is -2.39. The standard InChI is InChI=1S/C19H26N2O6S/c1-12-15(20)19(21(4)28(12,22)23)14(11-24-10-13-8-6-5-7-9-13)25-17-16(19)26-18(2,3)27-17/h5-9,14,16-17H,10-11,20H2,1-4H3/t14-,16+,17-,19+/m1/s1. The monoisotopic (exact) mass is 410 g/mol. The number of fused-ring (bicyclic) bond motifs is 2. The predicted molar refractivity (Wildman–Crippen MR) is 101 cm³/mol. The number of benzene rings is 1. The Hall–Kier alpha value is -1.49. The SMILES string of the molecule is CC1=C(N)[C@]2([C@@H](COCc3ccccc3)O[C@@H]3OC(C)(C)O[C@@H]32)N(C)S1(=O)=O. The van der Waals surface area contributed by atoms with Crippen molar-refractivity contribution < 1.29 is 27.4 Å². The van der Waals surface area contributed by atoms with Crippen LogP contribution in [0.5, 0.6) is 0 Å². The lowest BCUT2D eigenvalue weighted by molar-refractivity contribution is -0.220. The van der Waals surface area contributed by atoms with Crippen LogP contribution in [0.3, 0.4) is 0 Å². The van der Waals surface area contributed by atoms with Crippen LogP contribution in [-0.2, 0) is 35.6 Å². The summed E-state index contributed by atoms with van der Waals surface area (Å²) in [5.41, 5.74) is 6.41. The first-order valence-electron chi connectivity index (χ1n) is 9.19. The molecular formula is C19H26N2O6S. The van der Waals surface area contributed by atoms with Gasteiger partial charge in [0.2, 0.25) is 10.0 Å². The second-order valence-corrected chi connectivity index (χ2v) is 9.93. The summed E-state index contributed by atoms with van der Waals surface area (Å²) in [6.45, 7) is 5.55. The molecule has 3 aliphatic rings. The first kappa shape index (κ1) is 19.8. The van der Waals surface area contributed by atoms with Gasteiger partial charge in [-0.05, 0) is 26.3 Å². The van der Waals surface area contributed by atoms with E-state index in [4.69, 9.17) is 24.7 Å². The minimum atomic E-state index is -3.71. The van der Waals surface area contributed by atoms with Gasteiger partial charge in [-0.3, -0.25) is 0 Å². The van der Waals surface area contributed by atoms with Crippen molar-refractivity contribution in [3.05, 3.63) is 46.5 Å². The molecule has 2 saturated heterocycles. The first-order valence-corrected chi connectivity index (χ1v) is 10.6. The first-order chi connectivity index (χ1) is 13.1. The van der Waals surface area contributed by atoms with Gasteiger partial charge in [-0.1, -0.05) is 30.3 Å². The Morgan fingerprint density at radius 2 is 1.89 bits per heavy atom. The molecule has 8 nitrogen and oxygen atoms in total. The second kappa shape index (κ2) is 6.51. The quantitative estimate of drug-likeness (QED) is 0.798. The predicted octanol–water partition coefficient (Wildman–Crippen LogP) is 1.28. The molecule has 2 fully saturated rings. The summed E-state index contributed by atoms with van der Waals surface area (Å²) in [6, 6.07) is 9.71. The van der Waals surface area contributed by atoms with Gasteiger partial charge < -0.3 is 24.7 Å². The summed E-state index contributed by atoms with van der Waals surface area (Å²) in [7, 11) is -2.21. The molecule has 4 rings (SSSR count). The summed E-state index contributed by atoms with van der Waals surface area (Å²) >= 11 is 0. The smallest absolute Gasteiger partial charge is 0.241 e. The molecular weight excluding hydrogens is 384 g/mol. The minimum absolute atomic E-state index is 0.112. The lowest BCUT2D eigenvalue weighted by atomic mass is 9.85. The average Bonchev–Trinajstić information content (AvgIpc) is 3.14. The van der Waals surface area contributed by atoms with E-state index in [-0.39, 0.29) is 17.2 Å². The number of allylic oxidation sites excluding steroid dienone is 1. The molecule has 3 aliphatic heterocycles. The number of hydrogen-bond acceptors (Lipinski definition) is 7. The van der Waals surface area contributed by atoms with Crippen molar-refractivity contribution >= 4 is 10.0 Å². The zero-order valence-corrected chi connectivity index (χ0v) is 17.2. The van der Waals surface area contributed by atoms with Gasteiger partial charge in [-0.25, -0.2) is 8.42 Å². The fourth-order valence-electron chi connectivity index (χ4n) is 4.30. The molecule has 1 aromatic carbocycles. The number of sulfonamides is 1. The lowest BCUT2D eigenvalue weighted by Crippen LogP contribution is -2.62. The Labute approximate surface area is 165 Å². The van der Waals surface area contributed by atoms with Crippen molar-refractivity contribution in [3.8, 4) is 0 Å². The highest BCUT2D eigenvalue weighted by molar-refractivity contribution is 7.93. The van der Waals surface area contributed by atoms with Gasteiger partial charge in [0.1, 0.15) is 17.7 Å². The highest BCUT2D eigenvalue weighted by Gasteiger charge is 2.71. The molecule has 0 aromatic heterocycles. The van der Waals surface area contributed by atoms with Gasteiger partial charge in [-0.2, -0.15) is 4.31 Å². The minimum Gasteiger partial charge on any atom is -0.399 e. The Morgan fingerprint density at radius 1 is 1.21 bits per heavy atom. The van der Waals surface area contributed by atoms with Crippen LogP contribution in [0.15, 0.2) is 40.9 Å². The zero-order chi connectivity index (χ0) is 20.3. The maximum Gasteiger partial charge on any atom is 0.241 e. The van der Waals surface area contributed by atoms with E-state index in [1.54, 1.807) is 13.8 Å². The van der Waals surface area contributed by atoms with E-state index in [0.717, 1.165) is 5.56 Å². The van der Waals surface area contributed by atoms with Crippen LogP contribution in [-0.4, -0.2) is 56.2 Å². The molecule has 9 heteroatoms. The molecule has 4 atom stereocenters. The van der Waals surface area contributed by atoms with E-state index in [1.807, 2.05) is 30.3 Å². The van der Waals surface area contributed by atoms with Crippen LogP contribution in [0.4, 0.5) is 0 Å². The number of nitrogens with two attached hydrogens (primary N) is 1. The van der Waals surface area contributed by atoms with E-state index < -0.39 is 39.8 Å². The van der Waals surface area contributed by atoms with Gasteiger partial charge in [-0.15, -0.1) is 0 Å². The second-order valence-electron chi connectivity index (χ2n) is 7.82. The van der Waals surface area contributed by atoms with Gasteiger partial charge in [0.05, 0.1) is 23.8 Å². The summed E-state index contributed by atoms with van der Waals surface area (Å²) in [5.74, 6) is -0.903. The summed E-state index contributed by atoms with van der Waals surface area (Å²) in [5, 5.41) is 0. The third kappa shape index (κ3) is 2.72. The van der Waals surface area contributed by atoms with Gasteiger partial charge in [0, 0.05) is 7.05 Å². The van der Waals surface area contributed by atoms with Gasteiger partial charge in [0.25, 0.3) is 0 Å². The molecule has 0 radical (unpaired) electrons. The van der Waals surface area contributed by atoms with Crippen LogP contribution in [0.2, 0.25) is 0 Å². The maximum atomic E-state index is 12.9. The molecule has 0 saturated carbocycles. The van der Waals surface area contributed by atoms with Crippen LogP contribution in [0.25, 0.3) is 0 Å². The molecule has 0 aliphatic carbocycles. The van der Waals surface area contributed by atoms with Crippen LogP contribution in [0, 0.1) is 0 Å². The average molecular weight is 410 g/mol. The molecule has 0 amide bonds. The number of nitrogens with zero attached hydrogens (tertiary/aromatic N) is 1. The Morgan fingerprint density at radius 3 is 2.50 bits per heavy atom. The molecule has 1 aromatic rings. The fourth-order valence-corrected chi connectivity index (χ4v) is 5.87. The molecule has 0 bridgehead atoms. The van der Waals surface area contributed by atoms with Crippen molar-refractivity contribution in [2.45, 2.75) is 57.2 Å². The number of hydrogen-bond donors (Lipinski definition) is 1. The third-order valence-electron chi connectivity index (χ3n) is 5.74. The topological polar surface area (TPSA) is 100 Å². The summed E-state index contributed by atoms with van der Waals surface area (Å²) in [4.78, 5) is 0.112. The van der Waals surface area contributed by atoms with Gasteiger partial charge in [0.15, 0.2) is 12.1 Å². The van der Waals surface area contributed by atoms with Crippen molar-refractivity contribution in [1.82, 2.24) is 4.31 Å². The number of ether oxygens (including phenoxy) is 4. The largest absolute Gasteiger partial charge is 0.399 e. The highest BCUT2D eigenvalue weighted by atomic mass is 32.2. The number of rotatable bonds is 4.